The van der Waals surface area contributed by atoms with Crippen molar-refractivity contribution in [2.45, 2.75) is 36.0 Å². The van der Waals surface area contributed by atoms with Gasteiger partial charge in [0.05, 0.1) is 11.8 Å². The molecule has 0 N–H and O–H groups in total. The van der Waals surface area contributed by atoms with E-state index in [1.165, 1.54) is 0 Å². The molecule has 4 rings (SSSR count). The molecule has 0 radical (unpaired) electrons. The average Bonchev–Trinajstić information content (AvgIpc) is 3.33. The molecule has 7 atom stereocenters. The summed E-state index contributed by atoms with van der Waals surface area (Å²) in [4.78, 5) is 53.2. The number of benzene rings is 1. The molecule has 2 aliphatic carbocycles. The number of esters is 1. The normalized spacial score (nSPS) is 32.5. The quantitative estimate of drug-likeness (QED) is 0.223. The number of halogens is 3. The van der Waals surface area contributed by atoms with Crippen molar-refractivity contribution in [2.24, 2.45) is 29.6 Å². The molecular formula is C22H22Br2ClNO5. The molecular weight excluding hydrogens is 554 g/mol. The van der Waals surface area contributed by atoms with E-state index in [-0.39, 0.29) is 45.0 Å². The van der Waals surface area contributed by atoms with Crippen molar-refractivity contribution in [1.82, 2.24) is 4.90 Å². The number of Topliss-reactive ketones (excluding diaryl/α,β-unsaturated/α-hetero) is 1. The smallest absolute Gasteiger partial charge is 0.330 e. The zero-order valence-corrected chi connectivity index (χ0v) is 20.9. The van der Waals surface area contributed by atoms with E-state index >= 15 is 0 Å². The first-order valence-electron chi connectivity index (χ1n) is 10.2. The number of carbonyl (C=O) groups is 4. The third-order valence-corrected chi connectivity index (χ3v) is 10.1. The molecule has 3 fully saturated rings. The number of amides is 2. The molecule has 1 aromatic rings. The summed E-state index contributed by atoms with van der Waals surface area (Å²) < 4.78 is 5.27. The molecule has 3 aliphatic rings. The molecule has 6 nitrogen and oxygen atoms in total. The van der Waals surface area contributed by atoms with Crippen LogP contribution in [0.15, 0.2) is 24.3 Å². The summed E-state index contributed by atoms with van der Waals surface area (Å²) in [5.74, 6) is -2.74. The molecule has 166 valence electrons. The average molecular weight is 576 g/mol. The molecule has 1 aromatic carbocycles. The van der Waals surface area contributed by atoms with Crippen molar-refractivity contribution in [2.75, 3.05) is 6.61 Å². The fourth-order valence-corrected chi connectivity index (χ4v) is 7.26. The van der Waals surface area contributed by atoms with Gasteiger partial charge in [0.2, 0.25) is 11.8 Å². The van der Waals surface area contributed by atoms with Crippen LogP contribution in [-0.2, 0) is 19.1 Å². The number of alkyl halides is 2. The summed E-state index contributed by atoms with van der Waals surface area (Å²) >= 11 is 13.2. The number of imide groups is 1. The second-order valence-electron chi connectivity index (χ2n) is 8.78. The van der Waals surface area contributed by atoms with E-state index in [4.69, 9.17) is 16.3 Å². The monoisotopic (exact) mass is 573 g/mol. The molecule has 1 heterocycles. The maximum atomic E-state index is 13.3. The van der Waals surface area contributed by atoms with Gasteiger partial charge in [-0.3, -0.25) is 19.3 Å². The van der Waals surface area contributed by atoms with Crippen molar-refractivity contribution in [3.8, 4) is 0 Å². The van der Waals surface area contributed by atoms with Crippen LogP contribution >= 0.6 is 43.5 Å². The summed E-state index contributed by atoms with van der Waals surface area (Å²) in [5, 5.41) is 0.496. The van der Waals surface area contributed by atoms with Crippen molar-refractivity contribution in [1.29, 1.82) is 0 Å². The van der Waals surface area contributed by atoms with Crippen molar-refractivity contribution in [3.63, 3.8) is 0 Å². The molecule has 2 saturated carbocycles. The lowest BCUT2D eigenvalue weighted by molar-refractivity contribution is -0.160. The van der Waals surface area contributed by atoms with E-state index in [9.17, 15) is 19.2 Å². The topological polar surface area (TPSA) is 80.8 Å². The molecule has 31 heavy (non-hydrogen) atoms. The van der Waals surface area contributed by atoms with Crippen LogP contribution in [0.2, 0.25) is 5.02 Å². The highest BCUT2D eigenvalue weighted by Gasteiger charge is 2.67. The molecule has 1 aliphatic heterocycles. The Hall–Kier alpha value is -1.25. The van der Waals surface area contributed by atoms with Crippen LogP contribution in [0.4, 0.5) is 0 Å². The molecule has 9 heteroatoms. The standard InChI is InChI=1S/C22H22Br2ClNO5/c1-9(2)19(22(30)31-8-14(27)10-3-5-11(25)6-4-10)26-20(28)15-12-7-13(16(15)21(26)29)18(24)17(12)23/h3-6,9,12-13,15-19H,7-8H2,1-2H3/t12-,13-,15-,16+,17+,18+,19-/m1/s1. The lowest BCUT2D eigenvalue weighted by Gasteiger charge is -2.28. The molecule has 1 saturated heterocycles. The number of fused-ring (bicyclic) bond motifs is 5. The molecule has 0 unspecified atom stereocenters. The Morgan fingerprint density at radius 3 is 2.06 bits per heavy atom. The maximum Gasteiger partial charge on any atom is 0.330 e. The second-order valence-corrected chi connectivity index (χ2v) is 11.3. The van der Waals surface area contributed by atoms with Gasteiger partial charge >= 0.3 is 5.97 Å². The van der Waals surface area contributed by atoms with Crippen LogP contribution in [0.1, 0.15) is 30.6 Å². The van der Waals surface area contributed by atoms with Crippen LogP contribution in [0.25, 0.3) is 0 Å². The highest BCUT2D eigenvalue weighted by atomic mass is 79.9. The van der Waals surface area contributed by atoms with E-state index in [0.29, 0.717) is 10.6 Å². The number of likely N-dealkylation sites (tertiary alicyclic amines) is 1. The highest BCUT2D eigenvalue weighted by molar-refractivity contribution is 9.12. The third-order valence-electron chi connectivity index (χ3n) is 6.68. The van der Waals surface area contributed by atoms with Gasteiger partial charge in [-0.1, -0.05) is 57.3 Å². The Bertz CT molecular complexity index is 904. The van der Waals surface area contributed by atoms with E-state index < -0.39 is 30.5 Å². The van der Waals surface area contributed by atoms with Gasteiger partial charge < -0.3 is 4.74 Å². The lowest BCUT2D eigenvalue weighted by atomic mass is 9.81. The van der Waals surface area contributed by atoms with Gasteiger partial charge in [0.15, 0.2) is 12.4 Å². The van der Waals surface area contributed by atoms with Gasteiger partial charge in [-0.2, -0.15) is 0 Å². The SMILES string of the molecule is CC(C)[C@H](C(=O)OCC(=O)c1ccc(Cl)cc1)N1C(=O)[C@@H]2[C@H]3C[C@@H]([C@H](Br)[C@H]3Br)[C@@H]2C1=O. The van der Waals surface area contributed by atoms with E-state index in [1.54, 1.807) is 38.1 Å². The number of carbonyl (C=O) groups excluding carboxylic acids is 4. The second kappa shape index (κ2) is 8.60. The first kappa shape index (κ1) is 22.9. The van der Waals surface area contributed by atoms with E-state index in [2.05, 4.69) is 31.9 Å². The minimum atomic E-state index is -1.05. The Morgan fingerprint density at radius 1 is 1.06 bits per heavy atom. The van der Waals surface area contributed by atoms with Gasteiger partial charge in [-0.15, -0.1) is 0 Å². The molecule has 0 spiro atoms. The molecule has 2 bridgehead atoms. The molecule has 2 amide bonds. The van der Waals surface area contributed by atoms with Crippen molar-refractivity contribution < 1.29 is 23.9 Å². The fourth-order valence-electron chi connectivity index (χ4n) is 5.26. The summed E-state index contributed by atoms with van der Waals surface area (Å²) in [5.41, 5.74) is 0.365. The minimum Gasteiger partial charge on any atom is -0.456 e. The van der Waals surface area contributed by atoms with Gasteiger partial charge in [0.1, 0.15) is 6.04 Å². The Kier molecular flexibility index (Phi) is 6.36. The van der Waals surface area contributed by atoms with Gasteiger partial charge in [0.25, 0.3) is 0 Å². The maximum absolute atomic E-state index is 13.3. The number of ether oxygens (including phenoxy) is 1. The Morgan fingerprint density at radius 2 is 1.58 bits per heavy atom. The van der Waals surface area contributed by atoms with E-state index in [0.717, 1.165) is 11.3 Å². The zero-order chi connectivity index (χ0) is 22.6. The first-order valence-corrected chi connectivity index (χ1v) is 12.4. The number of nitrogens with zero attached hydrogens (tertiary/aromatic N) is 1. The first-order chi connectivity index (χ1) is 14.6. The number of rotatable bonds is 6. The fraction of sp³-hybridized carbons (Fsp3) is 0.545. The van der Waals surface area contributed by atoms with Gasteiger partial charge in [-0.05, 0) is 48.4 Å². The van der Waals surface area contributed by atoms with Gasteiger partial charge in [0, 0.05) is 20.2 Å². The van der Waals surface area contributed by atoms with Crippen LogP contribution in [0, 0.1) is 29.6 Å². The summed E-state index contributed by atoms with van der Waals surface area (Å²) in [7, 11) is 0. The number of hydrogen-bond donors (Lipinski definition) is 0. The van der Waals surface area contributed by atoms with Crippen LogP contribution in [0.3, 0.4) is 0 Å². The summed E-state index contributed by atoms with van der Waals surface area (Å²) in [6.07, 6.45) is 0.818. The van der Waals surface area contributed by atoms with Crippen molar-refractivity contribution in [3.05, 3.63) is 34.9 Å². The van der Waals surface area contributed by atoms with Crippen LogP contribution in [0.5, 0.6) is 0 Å². The third kappa shape index (κ3) is 3.78. The predicted octanol–water partition coefficient (Wildman–Crippen LogP) is 3.87. The lowest BCUT2D eigenvalue weighted by Crippen LogP contribution is -2.50. The summed E-state index contributed by atoms with van der Waals surface area (Å²) in [6, 6.07) is 5.21. The Labute approximate surface area is 202 Å². The van der Waals surface area contributed by atoms with Crippen molar-refractivity contribution >= 4 is 67.0 Å². The Balaban J connectivity index is 1.49. The van der Waals surface area contributed by atoms with Crippen LogP contribution in [-0.4, -0.2) is 50.8 Å². The minimum absolute atomic E-state index is 0.0659. The summed E-state index contributed by atoms with van der Waals surface area (Å²) in [6.45, 7) is 3.05. The number of ketones is 1. The van der Waals surface area contributed by atoms with Crippen LogP contribution < -0.4 is 0 Å². The molecule has 0 aromatic heterocycles. The van der Waals surface area contributed by atoms with E-state index in [1.807, 2.05) is 0 Å². The van der Waals surface area contributed by atoms with Gasteiger partial charge in [-0.25, -0.2) is 4.79 Å². The highest BCUT2D eigenvalue weighted by Crippen LogP contribution is 2.60. The number of hydrogen-bond acceptors (Lipinski definition) is 5. The zero-order valence-electron chi connectivity index (χ0n) is 17.0. The largest absolute Gasteiger partial charge is 0.456 e. The predicted molar refractivity (Wildman–Crippen MR) is 121 cm³/mol.